The molecule has 0 saturated carbocycles. The summed E-state index contributed by atoms with van der Waals surface area (Å²) in [5.41, 5.74) is 12.6. The molecule has 11 aromatic rings. The molecule has 0 spiro atoms. The lowest BCUT2D eigenvalue weighted by Crippen LogP contribution is -1.90. The van der Waals surface area contributed by atoms with Gasteiger partial charge in [-0.1, -0.05) is 152 Å². The highest BCUT2D eigenvalue weighted by Gasteiger charge is 2.28. The molecule has 0 amide bonds. The Hall–Kier alpha value is -6.50. The second kappa shape index (κ2) is 10.5. The third-order valence-electron chi connectivity index (χ3n) is 10.9. The highest BCUT2D eigenvalue weighted by atomic mass is 14.3. The number of hydrogen-bond acceptors (Lipinski definition) is 0. The zero-order chi connectivity index (χ0) is 32.8. The topological polar surface area (TPSA) is 0 Å². The first-order valence-corrected chi connectivity index (χ1v) is 17.4. The fourth-order valence-electron chi connectivity index (χ4n) is 8.79. The summed E-state index contributed by atoms with van der Waals surface area (Å²) in [5, 5.41) is 13.5. The van der Waals surface area contributed by atoms with E-state index in [9.17, 15) is 0 Å². The van der Waals surface area contributed by atoms with Crippen molar-refractivity contribution in [3.63, 3.8) is 0 Å². The Kier molecular flexibility index (Phi) is 5.76. The summed E-state index contributed by atoms with van der Waals surface area (Å²) < 4.78 is 0. The maximum absolute atomic E-state index is 2.49. The van der Waals surface area contributed by atoms with Gasteiger partial charge in [-0.05, 0) is 140 Å². The molecule has 230 valence electrons. The molecule has 0 aromatic heterocycles. The fraction of sp³-hybridized carbons (Fsp3) is 0. The molecule has 0 nitrogen and oxygen atoms in total. The lowest BCUT2D eigenvalue weighted by Gasteiger charge is -2.17. The third-order valence-corrected chi connectivity index (χ3v) is 10.9. The molecule has 50 heavy (non-hydrogen) atoms. The van der Waals surface area contributed by atoms with Gasteiger partial charge in [-0.25, -0.2) is 0 Å². The van der Waals surface area contributed by atoms with E-state index in [-0.39, 0.29) is 0 Å². The second-order valence-corrected chi connectivity index (χ2v) is 13.6. The van der Waals surface area contributed by atoms with Gasteiger partial charge in [-0.3, -0.25) is 0 Å². The molecule has 0 aliphatic heterocycles. The van der Waals surface area contributed by atoms with Gasteiger partial charge in [0.2, 0.25) is 0 Å². The maximum atomic E-state index is 2.49. The Bertz CT molecular complexity index is 2460. The van der Waals surface area contributed by atoms with Crippen LogP contribution in [0, 0.1) is 0 Å². The summed E-state index contributed by atoms with van der Waals surface area (Å²) in [5.74, 6) is 0. The minimum absolute atomic E-state index is 1.24. The Balaban J connectivity index is 1.45. The van der Waals surface area contributed by atoms with Crippen molar-refractivity contribution in [2.24, 2.45) is 0 Å². The molecular formula is C50H30. The Morgan fingerprint density at radius 2 is 0.340 bits per heavy atom. The van der Waals surface area contributed by atoms with Crippen LogP contribution in [0.4, 0.5) is 0 Å². The van der Waals surface area contributed by atoms with E-state index in [1.165, 1.54) is 109 Å². The molecule has 0 unspecified atom stereocenters. The van der Waals surface area contributed by atoms with E-state index in [2.05, 4.69) is 182 Å². The van der Waals surface area contributed by atoms with E-state index < -0.39 is 0 Å². The van der Waals surface area contributed by atoms with Crippen molar-refractivity contribution in [1.29, 1.82) is 0 Å². The number of rotatable bonds is 5. The SMILES string of the molecule is c1ccc(-c2cc3c(-c4ccccc4)cc4c(-c5ccccc5)cc5c(-c6ccccc6)cc6c(-c7ccccc7)cc2c2c6c5c4c32)cc1. The average Bonchev–Trinajstić information content (AvgIpc) is 3.57. The van der Waals surface area contributed by atoms with Crippen molar-refractivity contribution < 1.29 is 0 Å². The molecule has 0 radical (unpaired) electrons. The quantitative estimate of drug-likeness (QED) is 0.166. The van der Waals surface area contributed by atoms with Crippen LogP contribution in [0.25, 0.3) is 109 Å². The van der Waals surface area contributed by atoms with Crippen molar-refractivity contribution >= 4 is 53.9 Å². The van der Waals surface area contributed by atoms with Gasteiger partial charge in [0, 0.05) is 0 Å². The van der Waals surface area contributed by atoms with Gasteiger partial charge in [0.25, 0.3) is 0 Å². The van der Waals surface area contributed by atoms with Gasteiger partial charge in [-0.2, -0.15) is 0 Å². The summed E-state index contributed by atoms with van der Waals surface area (Å²) in [4.78, 5) is 0. The summed E-state index contributed by atoms with van der Waals surface area (Å²) in [6, 6.07) is 67.3. The lowest BCUT2D eigenvalue weighted by atomic mass is 9.86. The van der Waals surface area contributed by atoms with Crippen LogP contribution in [-0.2, 0) is 0 Å². The van der Waals surface area contributed by atoms with E-state index in [0.29, 0.717) is 0 Å². The van der Waals surface area contributed by atoms with Gasteiger partial charge in [-0.15, -0.1) is 0 Å². The monoisotopic (exact) mass is 630 g/mol. The van der Waals surface area contributed by atoms with Crippen LogP contribution in [0.15, 0.2) is 182 Å². The molecule has 0 heteroatoms. The summed E-state index contributed by atoms with van der Waals surface area (Å²) in [7, 11) is 0. The Labute approximate surface area is 290 Å². The van der Waals surface area contributed by atoms with E-state index in [1.54, 1.807) is 0 Å². The molecule has 11 rings (SSSR count). The molecule has 0 atom stereocenters. The highest BCUT2D eigenvalue weighted by molar-refractivity contribution is 6.49. The maximum Gasteiger partial charge on any atom is -0.000695 e. The molecule has 0 N–H and O–H groups in total. The number of benzene rings is 10. The normalized spacial score (nSPS) is 12.0. The average molecular weight is 631 g/mol. The fourth-order valence-corrected chi connectivity index (χ4v) is 8.79. The van der Waals surface area contributed by atoms with Crippen molar-refractivity contribution in [2.45, 2.75) is 0 Å². The van der Waals surface area contributed by atoms with Crippen LogP contribution >= 0.6 is 0 Å². The molecule has 11 aromatic carbocycles. The zero-order valence-electron chi connectivity index (χ0n) is 27.3. The summed E-state index contributed by atoms with van der Waals surface area (Å²) in [6.45, 7) is 0. The first kappa shape index (κ1) is 27.5. The zero-order valence-corrected chi connectivity index (χ0v) is 27.3. The molecule has 0 heterocycles. The summed E-state index contributed by atoms with van der Waals surface area (Å²) >= 11 is 0. The van der Waals surface area contributed by atoms with Gasteiger partial charge < -0.3 is 0 Å². The minimum atomic E-state index is 1.24. The predicted octanol–water partition coefficient (Wildman–Crippen LogP) is 14.1. The molecule has 0 fully saturated rings. The van der Waals surface area contributed by atoms with Crippen LogP contribution in [0.1, 0.15) is 0 Å². The molecular weight excluding hydrogens is 601 g/mol. The van der Waals surface area contributed by atoms with Crippen LogP contribution in [0.5, 0.6) is 0 Å². The Morgan fingerprint density at radius 3 is 0.500 bits per heavy atom. The van der Waals surface area contributed by atoms with Gasteiger partial charge >= 0.3 is 0 Å². The third kappa shape index (κ3) is 3.82. The van der Waals surface area contributed by atoms with E-state index in [1.807, 2.05) is 0 Å². The first-order valence-electron chi connectivity index (χ1n) is 17.4. The van der Waals surface area contributed by atoms with Crippen LogP contribution < -0.4 is 0 Å². The van der Waals surface area contributed by atoms with Crippen molar-refractivity contribution in [1.82, 2.24) is 0 Å². The molecule has 0 saturated heterocycles. The van der Waals surface area contributed by atoms with Crippen LogP contribution in [0.2, 0.25) is 0 Å². The standard InChI is InChI=1S/C50H30/c1-6-16-31(17-7-1)36-26-42-38(33-20-10-3-11-21-33)28-44-40(35-24-14-5-15-25-35)30-45-39(34-22-12-4-13-23-34)29-43-37(32-18-8-2-9-19-32)27-41(36)46-47(42)49(44)50(45)48(43)46/h1-30H. The van der Waals surface area contributed by atoms with Gasteiger partial charge in [0.1, 0.15) is 0 Å². The van der Waals surface area contributed by atoms with Gasteiger partial charge in [0.05, 0.1) is 0 Å². The largest absolute Gasteiger partial charge is 0.0622 e. The number of hydrogen-bond donors (Lipinski definition) is 0. The van der Waals surface area contributed by atoms with Crippen LogP contribution in [-0.4, -0.2) is 0 Å². The molecule has 0 aliphatic carbocycles. The first-order chi connectivity index (χ1) is 24.8. The minimum Gasteiger partial charge on any atom is -0.0622 e. The lowest BCUT2D eigenvalue weighted by molar-refractivity contribution is 1.65. The highest BCUT2D eigenvalue weighted by Crippen LogP contribution is 2.57. The van der Waals surface area contributed by atoms with Gasteiger partial charge in [0.15, 0.2) is 0 Å². The molecule has 0 bridgehead atoms. The van der Waals surface area contributed by atoms with E-state index >= 15 is 0 Å². The second-order valence-electron chi connectivity index (χ2n) is 13.6. The van der Waals surface area contributed by atoms with E-state index in [0.717, 1.165) is 0 Å². The summed E-state index contributed by atoms with van der Waals surface area (Å²) in [6.07, 6.45) is 0. The Morgan fingerprint density at radius 1 is 0.180 bits per heavy atom. The van der Waals surface area contributed by atoms with Crippen molar-refractivity contribution in [3.05, 3.63) is 182 Å². The van der Waals surface area contributed by atoms with Crippen molar-refractivity contribution in [2.75, 3.05) is 0 Å². The smallest absolute Gasteiger partial charge is 0.000695 e. The predicted molar refractivity (Wildman–Crippen MR) is 215 cm³/mol. The molecule has 0 aliphatic rings. The van der Waals surface area contributed by atoms with E-state index in [4.69, 9.17) is 0 Å². The van der Waals surface area contributed by atoms with Crippen LogP contribution in [0.3, 0.4) is 0 Å². The van der Waals surface area contributed by atoms with Crippen molar-refractivity contribution in [3.8, 4) is 55.6 Å².